The van der Waals surface area contributed by atoms with Crippen molar-refractivity contribution in [1.29, 1.82) is 0 Å². The number of nitrogens with one attached hydrogen (secondary N) is 1. The molecule has 9 heteroatoms. The Morgan fingerprint density at radius 3 is 2.61 bits per heavy atom. The number of aromatic amines is 1. The maximum Gasteiger partial charge on any atom is 0.274 e. The van der Waals surface area contributed by atoms with Crippen LogP contribution in [0.1, 0.15) is 97.7 Å². The Morgan fingerprint density at radius 1 is 1.20 bits per heavy atom. The zero-order valence-corrected chi connectivity index (χ0v) is 25.0. The van der Waals surface area contributed by atoms with Crippen molar-refractivity contribution in [2.45, 2.75) is 79.2 Å². The molecular weight excluding hydrogens is 519 g/mol. The second-order valence-corrected chi connectivity index (χ2v) is 12.5. The summed E-state index contributed by atoms with van der Waals surface area (Å²) in [5, 5.41) is 4.72. The predicted octanol–water partition coefficient (Wildman–Crippen LogP) is 6.54. The first-order valence-electron chi connectivity index (χ1n) is 14.4. The molecule has 0 radical (unpaired) electrons. The second kappa shape index (κ2) is 10.8. The van der Waals surface area contributed by atoms with Gasteiger partial charge in [0.15, 0.2) is 11.4 Å². The highest BCUT2D eigenvalue weighted by atomic mass is 19.1. The minimum Gasteiger partial charge on any atom is -0.340 e. The summed E-state index contributed by atoms with van der Waals surface area (Å²) in [6, 6.07) is 7.03. The number of fused-ring (bicyclic) bond motifs is 1. The minimum absolute atomic E-state index is 0.0527. The fraction of sp³-hybridized carbons (Fsp3) is 0.469. The van der Waals surface area contributed by atoms with Crippen LogP contribution in [-0.4, -0.2) is 53.2 Å². The first-order valence-corrected chi connectivity index (χ1v) is 14.4. The van der Waals surface area contributed by atoms with Crippen LogP contribution < -0.4 is 0 Å². The highest BCUT2D eigenvalue weighted by Crippen LogP contribution is 2.37. The zero-order chi connectivity index (χ0) is 29.6. The lowest BCUT2D eigenvalue weighted by Crippen LogP contribution is -2.47. The standard InChI is InChI=1S/C32H39FN6O2/c1-18(2)24-14-26(23-9-8-19(3)25(33)12-23)37-39-17-28(36-30(24)39)31(41)38-11-10-22(20(4)15-32(38,6)7)13-29(40)27-16-34-21(5)35-27/h8-9,12,14,16-18,20,22H,10-11,13,15H2,1-7H3,(H,34,35). The first kappa shape index (κ1) is 28.6. The van der Waals surface area contributed by atoms with Gasteiger partial charge in [0.25, 0.3) is 5.91 Å². The third-order valence-electron chi connectivity index (χ3n) is 8.54. The number of aryl methyl sites for hydroxylation is 2. The highest BCUT2D eigenvalue weighted by molar-refractivity contribution is 5.94. The van der Waals surface area contributed by atoms with E-state index in [-0.39, 0.29) is 35.3 Å². The number of imidazole rings is 2. The Balaban J connectivity index is 1.43. The van der Waals surface area contributed by atoms with E-state index in [0.29, 0.717) is 46.8 Å². The Kier molecular flexibility index (Phi) is 7.57. The summed E-state index contributed by atoms with van der Waals surface area (Å²) in [4.78, 5) is 40.8. The Labute approximate surface area is 240 Å². The van der Waals surface area contributed by atoms with Crippen molar-refractivity contribution >= 4 is 17.3 Å². The monoisotopic (exact) mass is 558 g/mol. The molecule has 1 N–H and O–H groups in total. The Hall–Kier alpha value is -3.88. The largest absolute Gasteiger partial charge is 0.340 e. The molecule has 5 rings (SSSR count). The van der Waals surface area contributed by atoms with E-state index in [4.69, 9.17) is 10.1 Å². The van der Waals surface area contributed by atoms with Crippen LogP contribution in [0, 0.1) is 31.5 Å². The SMILES string of the molecule is Cc1ncc(C(=O)CC2CCN(C(=O)c3cn4nc(-c5ccc(C)c(F)c5)cc(C(C)C)c4n3)C(C)(C)CC2C)[nH]1. The van der Waals surface area contributed by atoms with Crippen molar-refractivity contribution in [1.82, 2.24) is 29.5 Å². The summed E-state index contributed by atoms with van der Waals surface area (Å²) in [5.74, 6) is 0.861. The van der Waals surface area contributed by atoms with E-state index in [0.717, 1.165) is 24.2 Å². The van der Waals surface area contributed by atoms with Crippen molar-refractivity contribution < 1.29 is 14.0 Å². The third-order valence-corrected chi connectivity index (χ3v) is 8.54. The average molecular weight is 559 g/mol. The van der Waals surface area contributed by atoms with Gasteiger partial charge in [0.2, 0.25) is 0 Å². The van der Waals surface area contributed by atoms with Crippen LogP contribution in [0.25, 0.3) is 16.9 Å². The summed E-state index contributed by atoms with van der Waals surface area (Å²) < 4.78 is 16.0. The number of halogens is 1. The lowest BCUT2D eigenvalue weighted by Gasteiger charge is -2.37. The summed E-state index contributed by atoms with van der Waals surface area (Å²) in [6.45, 7) is 14.6. The third kappa shape index (κ3) is 5.67. The molecule has 4 aromatic rings. The fourth-order valence-corrected chi connectivity index (χ4v) is 6.10. The van der Waals surface area contributed by atoms with Crippen LogP contribution in [0.3, 0.4) is 0 Å². The van der Waals surface area contributed by atoms with E-state index in [1.165, 1.54) is 6.07 Å². The number of carbonyl (C=O) groups is 2. The molecule has 0 spiro atoms. The van der Waals surface area contributed by atoms with Crippen molar-refractivity contribution in [3.05, 3.63) is 70.8 Å². The summed E-state index contributed by atoms with van der Waals surface area (Å²) in [7, 11) is 0. The zero-order valence-electron chi connectivity index (χ0n) is 25.0. The molecule has 4 heterocycles. The smallest absolute Gasteiger partial charge is 0.274 e. The van der Waals surface area contributed by atoms with E-state index >= 15 is 0 Å². The lowest BCUT2D eigenvalue weighted by atomic mass is 9.81. The average Bonchev–Trinajstić information content (AvgIpc) is 3.52. The van der Waals surface area contributed by atoms with Crippen molar-refractivity contribution in [2.75, 3.05) is 6.54 Å². The number of likely N-dealkylation sites (tertiary alicyclic amines) is 1. The maximum absolute atomic E-state index is 14.4. The van der Waals surface area contributed by atoms with Crippen LogP contribution in [0.5, 0.6) is 0 Å². The van der Waals surface area contributed by atoms with E-state index in [9.17, 15) is 14.0 Å². The molecule has 1 aliphatic heterocycles. The van der Waals surface area contributed by atoms with Crippen molar-refractivity contribution in [2.24, 2.45) is 11.8 Å². The molecule has 1 fully saturated rings. The Morgan fingerprint density at radius 2 is 1.95 bits per heavy atom. The number of hydrogen-bond donors (Lipinski definition) is 1. The van der Waals surface area contributed by atoms with Gasteiger partial charge in [-0.05, 0) is 76.0 Å². The van der Waals surface area contributed by atoms with Gasteiger partial charge in [0.05, 0.1) is 18.1 Å². The summed E-state index contributed by atoms with van der Waals surface area (Å²) >= 11 is 0. The number of aromatic nitrogens is 5. The highest BCUT2D eigenvalue weighted by Gasteiger charge is 2.39. The molecule has 2 atom stereocenters. The van der Waals surface area contributed by atoms with E-state index in [1.807, 2.05) is 24.0 Å². The van der Waals surface area contributed by atoms with Gasteiger partial charge in [-0.1, -0.05) is 32.9 Å². The number of hydrogen-bond acceptors (Lipinski definition) is 5. The van der Waals surface area contributed by atoms with Crippen LogP contribution in [-0.2, 0) is 0 Å². The number of Topliss-reactive ketones (excluding diaryl/α,β-unsaturated/α-hetero) is 1. The van der Waals surface area contributed by atoms with E-state index < -0.39 is 5.54 Å². The number of H-pyrrole nitrogens is 1. The van der Waals surface area contributed by atoms with Crippen LogP contribution in [0.2, 0.25) is 0 Å². The molecule has 41 heavy (non-hydrogen) atoms. The van der Waals surface area contributed by atoms with Gasteiger partial charge in [0, 0.05) is 29.6 Å². The molecule has 0 bridgehead atoms. The second-order valence-electron chi connectivity index (χ2n) is 12.5. The molecule has 1 aromatic carbocycles. The molecule has 1 aliphatic rings. The van der Waals surface area contributed by atoms with Crippen LogP contribution in [0.15, 0.2) is 36.7 Å². The fourth-order valence-electron chi connectivity index (χ4n) is 6.10. The molecule has 8 nitrogen and oxygen atoms in total. The van der Waals surface area contributed by atoms with Gasteiger partial charge in [0.1, 0.15) is 23.0 Å². The molecule has 3 aromatic heterocycles. The van der Waals surface area contributed by atoms with Crippen molar-refractivity contribution in [3.8, 4) is 11.3 Å². The number of nitrogens with zero attached hydrogens (tertiary/aromatic N) is 5. The first-order chi connectivity index (χ1) is 19.3. The molecule has 1 amide bonds. The van der Waals surface area contributed by atoms with Gasteiger partial charge >= 0.3 is 0 Å². The summed E-state index contributed by atoms with van der Waals surface area (Å²) in [5.41, 5.74) is 3.88. The Bertz CT molecular complexity index is 1620. The van der Waals surface area contributed by atoms with E-state index in [2.05, 4.69) is 44.6 Å². The maximum atomic E-state index is 14.4. The van der Waals surface area contributed by atoms with Crippen LogP contribution >= 0.6 is 0 Å². The summed E-state index contributed by atoms with van der Waals surface area (Å²) in [6.07, 6.45) is 5.19. The quantitative estimate of drug-likeness (QED) is 0.271. The number of amides is 1. The molecule has 1 saturated heterocycles. The van der Waals surface area contributed by atoms with E-state index in [1.54, 1.807) is 29.9 Å². The predicted molar refractivity (Wildman–Crippen MR) is 156 cm³/mol. The van der Waals surface area contributed by atoms with Gasteiger partial charge < -0.3 is 9.88 Å². The number of carbonyl (C=O) groups excluding carboxylic acids is 2. The van der Waals surface area contributed by atoms with Crippen LogP contribution in [0.4, 0.5) is 4.39 Å². The van der Waals surface area contributed by atoms with Gasteiger partial charge in [-0.15, -0.1) is 0 Å². The lowest BCUT2D eigenvalue weighted by molar-refractivity contribution is 0.0536. The number of benzene rings is 1. The normalized spacial score (nSPS) is 19.1. The molecule has 216 valence electrons. The van der Waals surface area contributed by atoms with Crippen molar-refractivity contribution in [3.63, 3.8) is 0 Å². The van der Waals surface area contributed by atoms with Gasteiger partial charge in [-0.2, -0.15) is 5.10 Å². The van der Waals surface area contributed by atoms with Gasteiger partial charge in [-0.3, -0.25) is 9.59 Å². The number of rotatable bonds is 6. The molecule has 2 unspecified atom stereocenters. The molecular formula is C32H39FN6O2. The minimum atomic E-state index is -0.423. The molecule has 0 aliphatic carbocycles. The van der Waals surface area contributed by atoms with Gasteiger partial charge in [-0.25, -0.2) is 18.9 Å². The topological polar surface area (TPSA) is 96.2 Å². The number of ketones is 1. The molecule has 0 saturated carbocycles.